The summed E-state index contributed by atoms with van der Waals surface area (Å²) < 4.78 is 7.02. The number of halogens is 1. The van der Waals surface area contributed by atoms with E-state index in [0.29, 0.717) is 6.54 Å². The van der Waals surface area contributed by atoms with Gasteiger partial charge in [-0.05, 0) is 55.7 Å². The van der Waals surface area contributed by atoms with Crippen LogP contribution in [0.15, 0.2) is 15.9 Å². The van der Waals surface area contributed by atoms with Crippen LogP contribution in [0.3, 0.4) is 0 Å². The molecule has 0 radical (unpaired) electrons. The summed E-state index contributed by atoms with van der Waals surface area (Å²) in [6.07, 6.45) is 2.59. The molecule has 1 aliphatic heterocycles. The molecule has 1 aromatic rings. The number of rotatable bonds is 4. The zero-order chi connectivity index (χ0) is 14.0. The predicted molar refractivity (Wildman–Crippen MR) is 84.5 cm³/mol. The lowest BCUT2D eigenvalue weighted by Gasteiger charge is -2.48. The van der Waals surface area contributed by atoms with E-state index >= 15 is 0 Å². The highest BCUT2D eigenvalue weighted by atomic mass is 79.9. The molecule has 3 nitrogen and oxygen atoms in total. The van der Waals surface area contributed by atoms with Crippen molar-refractivity contribution in [2.24, 2.45) is 5.73 Å². The highest BCUT2D eigenvalue weighted by molar-refractivity contribution is 9.10. The lowest BCUT2D eigenvalue weighted by molar-refractivity contribution is -0.0992. The van der Waals surface area contributed by atoms with E-state index in [4.69, 9.17) is 10.5 Å². The molecule has 2 atom stereocenters. The Hall–Kier alpha value is 0.0600. The SMILES string of the molecule is CC1CC(CN)(N(C)Cc2cc(Br)cs2)CC(C)O1. The van der Waals surface area contributed by atoms with Crippen LogP contribution in [0, 0.1) is 0 Å². The van der Waals surface area contributed by atoms with Gasteiger partial charge in [0.25, 0.3) is 0 Å². The Morgan fingerprint density at radius 1 is 1.47 bits per heavy atom. The van der Waals surface area contributed by atoms with Gasteiger partial charge in [-0.1, -0.05) is 0 Å². The van der Waals surface area contributed by atoms with Crippen LogP contribution < -0.4 is 5.73 Å². The van der Waals surface area contributed by atoms with E-state index in [2.05, 4.69) is 53.2 Å². The first-order chi connectivity index (χ1) is 8.95. The topological polar surface area (TPSA) is 38.5 Å². The molecular formula is C14H23BrN2OS. The van der Waals surface area contributed by atoms with Crippen molar-refractivity contribution in [2.75, 3.05) is 13.6 Å². The predicted octanol–water partition coefficient (Wildman–Crippen LogP) is 3.23. The van der Waals surface area contributed by atoms with E-state index in [0.717, 1.165) is 23.9 Å². The van der Waals surface area contributed by atoms with Gasteiger partial charge in [0.2, 0.25) is 0 Å². The van der Waals surface area contributed by atoms with Crippen molar-refractivity contribution < 1.29 is 4.74 Å². The molecule has 2 heterocycles. The minimum Gasteiger partial charge on any atom is -0.375 e. The van der Waals surface area contributed by atoms with E-state index in [1.54, 1.807) is 11.3 Å². The van der Waals surface area contributed by atoms with E-state index in [1.807, 2.05) is 0 Å². The van der Waals surface area contributed by atoms with Crippen LogP contribution in [-0.2, 0) is 11.3 Å². The molecule has 5 heteroatoms. The second-order valence-corrected chi connectivity index (χ2v) is 7.59. The maximum absolute atomic E-state index is 6.12. The maximum atomic E-state index is 6.12. The Kier molecular flexibility index (Phi) is 5.06. The van der Waals surface area contributed by atoms with Crippen molar-refractivity contribution in [3.05, 3.63) is 20.8 Å². The van der Waals surface area contributed by atoms with E-state index in [9.17, 15) is 0 Å². The summed E-state index contributed by atoms with van der Waals surface area (Å²) in [6, 6.07) is 2.19. The molecular weight excluding hydrogens is 324 g/mol. The van der Waals surface area contributed by atoms with Crippen molar-refractivity contribution in [1.82, 2.24) is 4.90 Å². The fourth-order valence-electron chi connectivity index (χ4n) is 3.12. The van der Waals surface area contributed by atoms with E-state index in [-0.39, 0.29) is 17.7 Å². The molecule has 1 aromatic heterocycles. The lowest BCUT2D eigenvalue weighted by Crippen LogP contribution is -2.58. The second kappa shape index (κ2) is 6.22. The van der Waals surface area contributed by atoms with Gasteiger partial charge in [0.15, 0.2) is 0 Å². The van der Waals surface area contributed by atoms with Crippen molar-refractivity contribution >= 4 is 27.3 Å². The number of nitrogens with two attached hydrogens (primary N) is 1. The van der Waals surface area contributed by atoms with Crippen LogP contribution >= 0.6 is 27.3 Å². The van der Waals surface area contributed by atoms with Crippen LogP contribution in [0.2, 0.25) is 0 Å². The van der Waals surface area contributed by atoms with Crippen molar-refractivity contribution in [3.8, 4) is 0 Å². The standard InChI is InChI=1S/C14H23BrN2OS/c1-10-5-14(9-16,6-11(2)18-10)17(3)7-13-4-12(15)8-19-13/h4,8,10-11H,5-7,9,16H2,1-3H3. The lowest BCUT2D eigenvalue weighted by atomic mass is 9.82. The Labute approximate surface area is 128 Å². The minimum absolute atomic E-state index is 0.0630. The molecule has 0 aromatic carbocycles. The zero-order valence-electron chi connectivity index (χ0n) is 11.9. The summed E-state index contributed by atoms with van der Waals surface area (Å²) in [4.78, 5) is 3.79. The highest BCUT2D eigenvalue weighted by Crippen LogP contribution is 2.34. The summed E-state index contributed by atoms with van der Waals surface area (Å²) in [6.45, 7) is 5.94. The number of hydrogen-bond acceptors (Lipinski definition) is 4. The summed E-state index contributed by atoms with van der Waals surface area (Å²) in [7, 11) is 2.19. The average Bonchev–Trinajstić information content (AvgIpc) is 2.73. The summed E-state index contributed by atoms with van der Waals surface area (Å²) >= 11 is 5.31. The molecule has 2 rings (SSSR count). The molecule has 1 saturated heterocycles. The molecule has 0 spiro atoms. The first kappa shape index (κ1) is 15.4. The fourth-order valence-corrected chi connectivity index (χ4v) is 4.62. The van der Waals surface area contributed by atoms with Gasteiger partial charge in [0.05, 0.1) is 12.2 Å². The molecule has 0 bridgehead atoms. The van der Waals surface area contributed by atoms with E-state index in [1.165, 1.54) is 4.88 Å². The van der Waals surface area contributed by atoms with Gasteiger partial charge in [0.1, 0.15) is 0 Å². The first-order valence-corrected chi connectivity index (χ1v) is 8.42. The number of thiophene rings is 1. The van der Waals surface area contributed by atoms with Crippen molar-refractivity contribution in [2.45, 2.75) is 51.0 Å². The summed E-state index contributed by atoms with van der Waals surface area (Å²) in [5, 5.41) is 2.13. The number of nitrogens with zero attached hydrogens (tertiary/aromatic N) is 1. The van der Waals surface area contributed by atoms with Gasteiger partial charge < -0.3 is 10.5 Å². The summed E-state index contributed by atoms with van der Waals surface area (Å²) in [5.74, 6) is 0. The zero-order valence-corrected chi connectivity index (χ0v) is 14.3. The highest BCUT2D eigenvalue weighted by Gasteiger charge is 2.40. The van der Waals surface area contributed by atoms with Gasteiger partial charge in [-0.25, -0.2) is 0 Å². The monoisotopic (exact) mass is 346 g/mol. The maximum Gasteiger partial charge on any atom is 0.0568 e. The fraction of sp³-hybridized carbons (Fsp3) is 0.714. The summed E-state index contributed by atoms with van der Waals surface area (Å²) in [5.41, 5.74) is 6.18. The largest absolute Gasteiger partial charge is 0.375 e. The molecule has 0 saturated carbocycles. The van der Waals surface area contributed by atoms with Crippen LogP contribution in [0.4, 0.5) is 0 Å². The van der Waals surface area contributed by atoms with Crippen molar-refractivity contribution in [3.63, 3.8) is 0 Å². The second-order valence-electron chi connectivity index (χ2n) is 5.68. The Morgan fingerprint density at radius 3 is 2.58 bits per heavy atom. The molecule has 0 amide bonds. The smallest absolute Gasteiger partial charge is 0.0568 e. The third kappa shape index (κ3) is 3.58. The molecule has 1 fully saturated rings. The average molecular weight is 347 g/mol. The third-order valence-electron chi connectivity index (χ3n) is 4.00. The van der Waals surface area contributed by atoms with Crippen LogP contribution in [-0.4, -0.2) is 36.2 Å². The van der Waals surface area contributed by atoms with Crippen LogP contribution in [0.25, 0.3) is 0 Å². The molecule has 19 heavy (non-hydrogen) atoms. The Bertz CT molecular complexity index is 413. The van der Waals surface area contributed by atoms with Gasteiger partial charge in [-0.2, -0.15) is 0 Å². The third-order valence-corrected chi connectivity index (χ3v) is 5.69. The number of hydrogen-bond donors (Lipinski definition) is 1. The molecule has 2 N–H and O–H groups in total. The van der Waals surface area contributed by atoms with Crippen molar-refractivity contribution in [1.29, 1.82) is 0 Å². The van der Waals surface area contributed by atoms with Crippen LogP contribution in [0.1, 0.15) is 31.6 Å². The molecule has 2 unspecified atom stereocenters. The quantitative estimate of drug-likeness (QED) is 0.909. The van der Waals surface area contributed by atoms with Gasteiger partial charge in [-0.15, -0.1) is 11.3 Å². The Morgan fingerprint density at radius 2 is 2.11 bits per heavy atom. The van der Waals surface area contributed by atoms with Gasteiger partial charge in [0, 0.05) is 33.4 Å². The van der Waals surface area contributed by atoms with E-state index < -0.39 is 0 Å². The van der Waals surface area contributed by atoms with Gasteiger partial charge in [-0.3, -0.25) is 4.90 Å². The molecule has 108 valence electrons. The Balaban J connectivity index is 2.11. The normalized spacial score (nSPS) is 31.9. The number of ether oxygens (including phenoxy) is 1. The molecule has 0 aliphatic carbocycles. The first-order valence-electron chi connectivity index (χ1n) is 6.75. The van der Waals surface area contributed by atoms with Gasteiger partial charge >= 0.3 is 0 Å². The molecule has 1 aliphatic rings. The minimum atomic E-state index is 0.0630. The van der Waals surface area contributed by atoms with Crippen LogP contribution in [0.5, 0.6) is 0 Å². The number of likely N-dealkylation sites (N-methyl/N-ethyl adjacent to an activating group) is 1.